The Balaban J connectivity index is 1.03. The molecule has 60 heavy (non-hydrogen) atoms. The lowest BCUT2D eigenvalue weighted by Gasteiger charge is -2.49. The zero-order chi connectivity index (χ0) is 41.8. The lowest BCUT2D eigenvalue weighted by Crippen LogP contribution is -2.49. The summed E-state index contributed by atoms with van der Waals surface area (Å²) in [6.45, 7) is 3.80. The van der Waals surface area contributed by atoms with Gasteiger partial charge < -0.3 is 15.2 Å². The van der Waals surface area contributed by atoms with Crippen LogP contribution < -0.4 is 19.9 Å². The van der Waals surface area contributed by atoms with Gasteiger partial charge in [0.05, 0.1) is 40.8 Å². The number of aromatic nitrogens is 2. The van der Waals surface area contributed by atoms with E-state index in [9.17, 15) is 14.7 Å². The Morgan fingerprint density at radius 1 is 0.883 bits per heavy atom. The summed E-state index contributed by atoms with van der Waals surface area (Å²) >= 11 is 7.90. The highest BCUT2D eigenvalue weighted by molar-refractivity contribution is 7.22. The highest BCUT2D eigenvalue weighted by atomic mass is 35.5. The van der Waals surface area contributed by atoms with Gasteiger partial charge in [0.15, 0.2) is 0 Å². The van der Waals surface area contributed by atoms with Gasteiger partial charge in [0.1, 0.15) is 23.0 Å². The zero-order valence-corrected chi connectivity index (χ0v) is 34.8. The minimum atomic E-state index is -1.36. The molecule has 3 fully saturated rings. The number of imide groups is 2. The van der Waals surface area contributed by atoms with E-state index in [2.05, 4.69) is 5.32 Å². The number of benzene rings is 4. The van der Waals surface area contributed by atoms with E-state index in [0.717, 1.165) is 37.5 Å². The minimum absolute atomic E-state index is 0.0930. The van der Waals surface area contributed by atoms with Crippen LogP contribution >= 0.6 is 22.9 Å². The second-order valence-electron chi connectivity index (χ2n) is 16.3. The van der Waals surface area contributed by atoms with Crippen LogP contribution in [0.4, 0.5) is 22.9 Å². The van der Waals surface area contributed by atoms with E-state index in [0.29, 0.717) is 33.5 Å². The van der Waals surface area contributed by atoms with Crippen molar-refractivity contribution in [2.75, 3.05) is 22.2 Å². The monoisotopic (exact) mass is 837 g/mol. The van der Waals surface area contributed by atoms with Gasteiger partial charge in [-0.1, -0.05) is 47.5 Å². The third-order valence-corrected chi connectivity index (χ3v) is 14.8. The molecule has 2 aliphatic heterocycles. The van der Waals surface area contributed by atoms with Gasteiger partial charge in [0.2, 0.25) is 23.6 Å². The molecule has 1 saturated carbocycles. The number of fused-ring (bicyclic) bond motifs is 5. The maximum atomic E-state index is 15.2. The molecule has 2 aliphatic carbocycles. The van der Waals surface area contributed by atoms with Gasteiger partial charge in [0.25, 0.3) is 0 Å². The summed E-state index contributed by atoms with van der Waals surface area (Å²) in [5.74, 6) is -4.46. The number of phenols is 1. The number of rotatable bonds is 7. The lowest BCUT2D eigenvalue weighted by molar-refractivity contribution is -0.131. The molecule has 10 rings (SSSR count). The molecule has 0 radical (unpaired) electrons. The van der Waals surface area contributed by atoms with Crippen molar-refractivity contribution >= 4 is 79.5 Å². The van der Waals surface area contributed by atoms with Crippen molar-refractivity contribution in [3.63, 3.8) is 0 Å². The van der Waals surface area contributed by atoms with Crippen molar-refractivity contribution in [2.45, 2.75) is 32.6 Å². The van der Waals surface area contributed by atoms with Crippen LogP contribution in [0.25, 0.3) is 20.7 Å². The number of halogens is 1. The molecule has 11 nitrogen and oxygen atoms in total. The molecule has 302 valence electrons. The number of ether oxygens (including phenoxy) is 1. The smallest absolute Gasteiger partial charge is 0.242 e. The SMILES string of the molecule is COc1ccc([C@H]2C3=CC[C@@H]4C(=O)N(c5ccc(Nc6ccccc6)cc5)C(=O)[C@@H]4[C@@H]3C[C@H]3C(=O)N(c4cc(-c5sc6ccc(Cl)cc6c5C)nn4C)C(=O)[C@@]23C)c(O)c1. The van der Waals surface area contributed by atoms with Gasteiger partial charge in [0, 0.05) is 51.8 Å². The quantitative estimate of drug-likeness (QED) is 0.120. The van der Waals surface area contributed by atoms with Gasteiger partial charge in [-0.25, -0.2) is 4.90 Å². The van der Waals surface area contributed by atoms with Crippen LogP contribution in [0, 0.1) is 36.0 Å². The van der Waals surface area contributed by atoms with E-state index in [1.807, 2.05) is 73.7 Å². The number of carbonyl (C=O) groups excluding carboxylic acids is 4. The van der Waals surface area contributed by atoms with E-state index in [1.165, 1.54) is 23.0 Å². The molecule has 6 aromatic rings. The Kier molecular flexibility index (Phi) is 8.82. The fraction of sp³-hybridized carbons (Fsp3) is 0.255. The molecule has 0 unspecified atom stereocenters. The number of thiophene rings is 1. The number of allylic oxidation sites excluding steroid dienone is 2. The van der Waals surface area contributed by atoms with Crippen molar-refractivity contribution in [3.05, 3.63) is 125 Å². The average molecular weight is 838 g/mol. The van der Waals surface area contributed by atoms with Crippen molar-refractivity contribution < 1.29 is 29.0 Å². The summed E-state index contributed by atoms with van der Waals surface area (Å²) in [4.78, 5) is 62.6. The molecule has 4 heterocycles. The Labute approximate surface area is 354 Å². The normalized spacial score (nSPS) is 24.8. The van der Waals surface area contributed by atoms with Crippen LogP contribution in [0.2, 0.25) is 5.02 Å². The van der Waals surface area contributed by atoms with Crippen LogP contribution in [-0.4, -0.2) is 45.6 Å². The second-order valence-corrected chi connectivity index (χ2v) is 17.8. The molecule has 0 spiro atoms. The third-order valence-electron chi connectivity index (χ3n) is 13.2. The summed E-state index contributed by atoms with van der Waals surface area (Å²) in [6.07, 6.45) is 2.42. The molecule has 4 amide bonds. The molecule has 13 heteroatoms. The standard InChI is InChI=1S/C47H40ClN5O6S/c1-24-33-20-25(48)10-19-38(33)60-42(24)36-23-39(51(3)50-36)53-44(56)35-22-34-30(41(47(35,2)46(53)58)31-16-15-29(59-4)21-37(31)54)17-18-32-40(34)45(57)52(43(32)55)28-13-11-27(12-14-28)49-26-8-6-5-7-9-26/h5-17,19-21,23,32,34-35,40-41,49,54H,18,22H2,1-4H3/t32-,34+,35-,40-,41+,47+/m0/s1. The zero-order valence-electron chi connectivity index (χ0n) is 33.2. The number of hydrogen-bond donors (Lipinski definition) is 2. The molecule has 0 bridgehead atoms. The van der Waals surface area contributed by atoms with Crippen LogP contribution in [0.5, 0.6) is 11.5 Å². The first-order chi connectivity index (χ1) is 28.9. The fourth-order valence-electron chi connectivity index (χ4n) is 10.3. The number of methoxy groups -OCH3 is 1. The van der Waals surface area contributed by atoms with Crippen molar-refractivity contribution in [1.82, 2.24) is 9.78 Å². The average Bonchev–Trinajstić information content (AvgIpc) is 3.92. The van der Waals surface area contributed by atoms with E-state index < -0.39 is 46.8 Å². The van der Waals surface area contributed by atoms with E-state index in [4.69, 9.17) is 21.4 Å². The van der Waals surface area contributed by atoms with Gasteiger partial charge in [-0.15, -0.1) is 11.3 Å². The van der Waals surface area contributed by atoms with Crippen LogP contribution in [0.1, 0.15) is 36.8 Å². The molecule has 6 atom stereocenters. The molecular weight excluding hydrogens is 798 g/mol. The Bertz CT molecular complexity index is 2830. The molecule has 2 N–H and O–H groups in total. The van der Waals surface area contributed by atoms with Gasteiger partial charge >= 0.3 is 0 Å². The Morgan fingerprint density at radius 2 is 1.63 bits per heavy atom. The Morgan fingerprint density at radius 3 is 2.37 bits per heavy atom. The number of hydrogen-bond acceptors (Lipinski definition) is 9. The van der Waals surface area contributed by atoms with Crippen LogP contribution in [0.3, 0.4) is 0 Å². The molecule has 4 aliphatic rings. The predicted molar refractivity (Wildman–Crippen MR) is 232 cm³/mol. The first-order valence-electron chi connectivity index (χ1n) is 19.9. The van der Waals surface area contributed by atoms with Crippen molar-refractivity contribution in [1.29, 1.82) is 0 Å². The van der Waals surface area contributed by atoms with Crippen molar-refractivity contribution in [2.24, 2.45) is 36.1 Å². The van der Waals surface area contributed by atoms with E-state index >= 15 is 9.59 Å². The maximum absolute atomic E-state index is 15.2. The van der Waals surface area contributed by atoms with E-state index in [1.54, 1.807) is 60.3 Å². The number of para-hydroxylation sites is 1. The molecule has 2 saturated heterocycles. The summed E-state index contributed by atoms with van der Waals surface area (Å²) in [5.41, 5.74) is 3.64. The summed E-state index contributed by atoms with van der Waals surface area (Å²) in [5, 5.41) is 21.4. The maximum Gasteiger partial charge on any atom is 0.242 e. The number of amides is 4. The van der Waals surface area contributed by atoms with Crippen LogP contribution in [-0.2, 0) is 26.2 Å². The largest absolute Gasteiger partial charge is 0.508 e. The number of anilines is 4. The highest BCUT2D eigenvalue weighted by Crippen LogP contribution is 2.64. The number of nitrogens with one attached hydrogen (secondary N) is 1. The summed E-state index contributed by atoms with van der Waals surface area (Å²) in [7, 11) is 3.22. The Hall–Kier alpha value is -6.24. The molecule has 4 aromatic carbocycles. The minimum Gasteiger partial charge on any atom is -0.508 e. The van der Waals surface area contributed by atoms with Gasteiger partial charge in [-0.05, 0) is 104 Å². The lowest BCUT2D eigenvalue weighted by atomic mass is 9.51. The number of nitrogens with zero attached hydrogens (tertiary/aromatic N) is 4. The van der Waals surface area contributed by atoms with Gasteiger partial charge in [-0.2, -0.15) is 5.10 Å². The van der Waals surface area contributed by atoms with Crippen LogP contribution in [0.15, 0.2) is 109 Å². The van der Waals surface area contributed by atoms with Gasteiger partial charge in [-0.3, -0.25) is 28.8 Å². The first kappa shape index (κ1) is 38.0. The molecular formula is C47H40ClN5O6S. The summed E-state index contributed by atoms with van der Waals surface area (Å²) in [6, 6.07) is 29.4. The molecule has 2 aromatic heterocycles. The highest BCUT2D eigenvalue weighted by Gasteiger charge is 2.68. The number of aryl methyl sites for hydroxylation is 2. The number of aromatic hydroxyl groups is 1. The van der Waals surface area contributed by atoms with Crippen molar-refractivity contribution in [3.8, 4) is 22.1 Å². The summed E-state index contributed by atoms with van der Waals surface area (Å²) < 4.78 is 8.01. The fourth-order valence-corrected chi connectivity index (χ4v) is 11.6. The number of phenolic OH excluding ortho intramolecular Hbond substituents is 1. The second kappa shape index (κ2) is 13.9. The van der Waals surface area contributed by atoms with E-state index in [-0.39, 0.29) is 30.4 Å². The third kappa shape index (κ3) is 5.57. The number of carbonyl (C=O) groups is 4. The first-order valence-corrected chi connectivity index (χ1v) is 21.1. The predicted octanol–water partition coefficient (Wildman–Crippen LogP) is 9.16. The topological polar surface area (TPSA) is 134 Å².